The Kier molecular flexibility index (Phi) is 7.50. The summed E-state index contributed by atoms with van der Waals surface area (Å²) in [4.78, 5) is 21.8. The Morgan fingerprint density at radius 1 is 1.08 bits per heavy atom. The quantitative estimate of drug-likeness (QED) is 0.317. The van der Waals surface area contributed by atoms with Crippen LogP contribution < -0.4 is 15.8 Å². The number of rotatable bonds is 7. The molecule has 0 aliphatic carbocycles. The van der Waals surface area contributed by atoms with Crippen molar-refractivity contribution in [1.29, 1.82) is 10.5 Å². The zero-order valence-corrected chi connectivity index (χ0v) is 21.0. The number of anilines is 2. The normalized spacial score (nSPS) is 11.2. The predicted molar refractivity (Wildman–Crippen MR) is 142 cm³/mol. The molecule has 0 aliphatic heterocycles. The van der Waals surface area contributed by atoms with Crippen LogP contribution in [0.3, 0.4) is 0 Å². The van der Waals surface area contributed by atoms with Crippen molar-refractivity contribution in [2.45, 2.75) is 17.2 Å². The summed E-state index contributed by atoms with van der Waals surface area (Å²) in [5, 5.41) is 24.4. The van der Waals surface area contributed by atoms with Gasteiger partial charge in [0.1, 0.15) is 34.3 Å². The standard InChI is InChI=1S/C26H20N6O2S2/c1-15(24(33)32-26-30-20(14-35-26)17-10-6-7-11-21(17)34-2)36-25-19(13-28)22(16-8-4-3-5-9-16)18(12-27)23(29)31-25/h3-11,14-15H,1-2H3,(H2,29,31)(H,30,32,33). The van der Waals surface area contributed by atoms with Crippen LogP contribution in [-0.4, -0.2) is 28.2 Å². The highest BCUT2D eigenvalue weighted by Gasteiger charge is 2.24. The number of hydrogen-bond donors (Lipinski definition) is 2. The lowest BCUT2D eigenvalue weighted by Gasteiger charge is -2.15. The monoisotopic (exact) mass is 512 g/mol. The summed E-state index contributed by atoms with van der Waals surface area (Å²) >= 11 is 2.39. The van der Waals surface area contributed by atoms with Crippen molar-refractivity contribution in [3.63, 3.8) is 0 Å². The van der Waals surface area contributed by atoms with Crippen LogP contribution in [0.5, 0.6) is 5.75 Å². The molecule has 0 fully saturated rings. The number of ether oxygens (including phenoxy) is 1. The Balaban J connectivity index is 1.58. The zero-order chi connectivity index (χ0) is 25.7. The number of nitrogen functional groups attached to an aromatic ring is 1. The molecular weight excluding hydrogens is 492 g/mol. The molecule has 3 N–H and O–H groups in total. The third-order valence-corrected chi connectivity index (χ3v) is 7.10. The Hall–Kier alpha value is -4.38. The Bertz CT molecular complexity index is 1510. The van der Waals surface area contributed by atoms with Gasteiger partial charge in [0.2, 0.25) is 5.91 Å². The lowest BCUT2D eigenvalue weighted by molar-refractivity contribution is -0.115. The third kappa shape index (κ3) is 5.01. The van der Waals surface area contributed by atoms with Crippen LogP contribution >= 0.6 is 23.1 Å². The van der Waals surface area contributed by atoms with E-state index in [-0.39, 0.29) is 27.9 Å². The predicted octanol–water partition coefficient (Wildman–Crippen LogP) is 5.33. The number of benzene rings is 2. The molecule has 0 spiro atoms. The van der Waals surface area contributed by atoms with Crippen LogP contribution in [0, 0.1) is 22.7 Å². The summed E-state index contributed by atoms with van der Waals surface area (Å²) in [7, 11) is 1.59. The number of para-hydroxylation sites is 1. The number of pyridine rings is 1. The molecule has 0 saturated carbocycles. The van der Waals surface area contributed by atoms with Crippen LogP contribution in [0.15, 0.2) is 65.0 Å². The van der Waals surface area contributed by atoms with E-state index in [2.05, 4.69) is 27.4 Å². The number of nitrogens with one attached hydrogen (secondary N) is 1. The SMILES string of the molecule is COc1ccccc1-c1csc(NC(=O)C(C)Sc2nc(N)c(C#N)c(-c3ccccc3)c2C#N)n1. The Labute approximate surface area is 216 Å². The lowest BCUT2D eigenvalue weighted by Crippen LogP contribution is -2.22. The summed E-state index contributed by atoms with van der Waals surface area (Å²) in [6.45, 7) is 1.70. The maximum atomic E-state index is 13.0. The third-order valence-electron chi connectivity index (χ3n) is 5.25. The molecular formula is C26H20N6O2S2. The van der Waals surface area contributed by atoms with E-state index in [0.717, 1.165) is 17.3 Å². The van der Waals surface area contributed by atoms with E-state index in [1.54, 1.807) is 26.2 Å². The first-order valence-corrected chi connectivity index (χ1v) is 12.5. The summed E-state index contributed by atoms with van der Waals surface area (Å²) in [6.07, 6.45) is 0. The summed E-state index contributed by atoms with van der Waals surface area (Å²) in [6, 6.07) is 20.8. The van der Waals surface area contributed by atoms with E-state index in [1.165, 1.54) is 11.3 Å². The molecule has 0 bridgehead atoms. The molecule has 1 amide bonds. The minimum absolute atomic E-state index is 0.00633. The number of thiazole rings is 1. The van der Waals surface area contributed by atoms with Gasteiger partial charge in [-0.05, 0) is 24.6 Å². The molecule has 4 aromatic rings. The van der Waals surface area contributed by atoms with Crippen LogP contribution in [0.2, 0.25) is 0 Å². The number of methoxy groups -OCH3 is 1. The average Bonchev–Trinajstić information content (AvgIpc) is 3.37. The van der Waals surface area contributed by atoms with Crippen LogP contribution in [0.4, 0.5) is 10.9 Å². The number of amides is 1. The Morgan fingerprint density at radius 3 is 2.47 bits per heavy atom. The highest BCUT2D eigenvalue weighted by molar-refractivity contribution is 8.00. The average molecular weight is 513 g/mol. The minimum atomic E-state index is -0.626. The lowest BCUT2D eigenvalue weighted by atomic mass is 9.97. The highest BCUT2D eigenvalue weighted by Crippen LogP contribution is 2.37. The maximum Gasteiger partial charge on any atom is 0.239 e. The van der Waals surface area contributed by atoms with Gasteiger partial charge in [-0.15, -0.1) is 11.3 Å². The van der Waals surface area contributed by atoms with E-state index in [0.29, 0.717) is 27.7 Å². The van der Waals surface area contributed by atoms with Crippen LogP contribution in [0.25, 0.3) is 22.4 Å². The number of hydrogen-bond acceptors (Lipinski definition) is 9. The van der Waals surface area contributed by atoms with Gasteiger partial charge in [0.15, 0.2) is 5.13 Å². The second kappa shape index (κ2) is 10.9. The van der Waals surface area contributed by atoms with Gasteiger partial charge in [-0.3, -0.25) is 4.79 Å². The molecule has 0 radical (unpaired) electrons. The molecule has 10 heteroatoms. The fourth-order valence-corrected chi connectivity index (χ4v) is 5.15. The van der Waals surface area contributed by atoms with Gasteiger partial charge in [-0.1, -0.05) is 54.2 Å². The molecule has 2 aromatic carbocycles. The zero-order valence-electron chi connectivity index (χ0n) is 19.4. The molecule has 178 valence electrons. The molecule has 8 nitrogen and oxygen atoms in total. The summed E-state index contributed by atoms with van der Waals surface area (Å²) < 4.78 is 5.39. The van der Waals surface area contributed by atoms with Gasteiger partial charge in [-0.2, -0.15) is 10.5 Å². The van der Waals surface area contributed by atoms with Crippen molar-refractivity contribution in [1.82, 2.24) is 9.97 Å². The number of nitriles is 2. The van der Waals surface area contributed by atoms with Crippen LogP contribution in [-0.2, 0) is 4.79 Å². The fraction of sp³-hybridized carbons (Fsp3) is 0.115. The van der Waals surface area contributed by atoms with Crippen molar-refractivity contribution < 1.29 is 9.53 Å². The topological polar surface area (TPSA) is 138 Å². The van der Waals surface area contributed by atoms with E-state index >= 15 is 0 Å². The van der Waals surface area contributed by atoms with Gasteiger partial charge >= 0.3 is 0 Å². The largest absolute Gasteiger partial charge is 0.496 e. The number of carbonyl (C=O) groups excluding carboxylic acids is 1. The number of nitrogens with zero attached hydrogens (tertiary/aromatic N) is 4. The highest BCUT2D eigenvalue weighted by atomic mass is 32.2. The van der Waals surface area contributed by atoms with E-state index in [4.69, 9.17) is 10.5 Å². The smallest absolute Gasteiger partial charge is 0.239 e. The second-order valence-electron chi connectivity index (χ2n) is 7.50. The molecule has 0 saturated heterocycles. The van der Waals surface area contributed by atoms with Crippen molar-refractivity contribution >= 4 is 40.0 Å². The molecule has 1 unspecified atom stereocenters. The first-order chi connectivity index (χ1) is 17.5. The maximum absolute atomic E-state index is 13.0. The summed E-state index contributed by atoms with van der Waals surface area (Å²) in [5.74, 6) is 0.384. The number of carbonyl (C=O) groups is 1. The number of thioether (sulfide) groups is 1. The Morgan fingerprint density at radius 2 is 1.78 bits per heavy atom. The minimum Gasteiger partial charge on any atom is -0.496 e. The van der Waals surface area contributed by atoms with E-state index in [1.807, 2.05) is 47.8 Å². The number of nitrogens with two attached hydrogens (primary N) is 1. The van der Waals surface area contributed by atoms with Gasteiger partial charge < -0.3 is 15.8 Å². The second-order valence-corrected chi connectivity index (χ2v) is 9.69. The fourth-order valence-electron chi connectivity index (χ4n) is 3.52. The van der Waals surface area contributed by atoms with Gasteiger partial charge in [0, 0.05) is 16.5 Å². The van der Waals surface area contributed by atoms with Gasteiger partial charge in [-0.25, -0.2) is 9.97 Å². The van der Waals surface area contributed by atoms with Gasteiger partial charge in [0.05, 0.1) is 23.6 Å². The summed E-state index contributed by atoms with van der Waals surface area (Å²) in [5.41, 5.74) is 8.99. The molecule has 36 heavy (non-hydrogen) atoms. The molecule has 4 rings (SSSR count). The van der Waals surface area contributed by atoms with Crippen molar-refractivity contribution in [2.75, 3.05) is 18.2 Å². The molecule has 1 atom stereocenters. The number of aromatic nitrogens is 2. The van der Waals surface area contributed by atoms with E-state index in [9.17, 15) is 15.3 Å². The van der Waals surface area contributed by atoms with Crippen molar-refractivity contribution in [3.05, 3.63) is 71.1 Å². The van der Waals surface area contributed by atoms with E-state index < -0.39 is 5.25 Å². The van der Waals surface area contributed by atoms with Gasteiger partial charge in [0.25, 0.3) is 0 Å². The van der Waals surface area contributed by atoms with Crippen molar-refractivity contribution in [3.8, 4) is 40.3 Å². The molecule has 0 aliphatic rings. The first kappa shape index (κ1) is 24.7. The van der Waals surface area contributed by atoms with Crippen molar-refractivity contribution in [2.24, 2.45) is 0 Å². The molecule has 2 heterocycles. The van der Waals surface area contributed by atoms with Crippen LogP contribution in [0.1, 0.15) is 18.1 Å². The first-order valence-electron chi connectivity index (χ1n) is 10.7. The molecule has 2 aromatic heterocycles.